The quantitative estimate of drug-likeness (QED) is 0.463. The van der Waals surface area contributed by atoms with E-state index in [0.717, 1.165) is 4.73 Å². The largest absolute Gasteiger partial charge is 0.425 e. The normalized spacial score (nSPS) is 10.4. The Bertz CT molecular complexity index is 281. The summed E-state index contributed by atoms with van der Waals surface area (Å²) in [5.74, 6) is 0.687. The Morgan fingerprint density at radius 2 is 1.79 bits per heavy atom. The van der Waals surface area contributed by atoms with E-state index in [-0.39, 0.29) is 19.0 Å². The van der Waals surface area contributed by atoms with Crippen LogP contribution in [0.15, 0.2) is 12.1 Å². The van der Waals surface area contributed by atoms with Crippen LogP contribution >= 0.6 is 0 Å². The molecular formula is C8H15N3O3. The number of nitrogens with zero attached hydrogens (tertiary/aromatic N) is 2. The van der Waals surface area contributed by atoms with Gasteiger partial charge in [-0.25, -0.2) is 0 Å². The maximum Gasteiger partial charge on any atom is 0.147 e. The lowest BCUT2D eigenvalue weighted by molar-refractivity contribution is 0.193. The zero-order valence-electron chi connectivity index (χ0n) is 7.80. The Kier molecular flexibility index (Phi) is 3.61. The molecule has 0 aliphatic heterocycles. The van der Waals surface area contributed by atoms with Crippen molar-refractivity contribution in [2.75, 3.05) is 36.9 Å². The highest BCUT2D eigenvalue weighted by Gasteiger charge is 2.11. The highest BCUT2D eigenvalue weighted by atomic mass is 16.5. The molecule has 80 valence electrons. The molecule has 0 atom stereocenters. The molecule has 0 bridgehead atoms. The number of aliphatic hydroxyl groups is 2. The SMILES string of the molecule is Nc1ccc(N(CCO)CCO)n1O. The molecule has 0 spiro atoms. The number of aliphatic hydroxyl groups excluding tert-OH is 2. The van der Waals surface area contributed by atoms with Crippen molar-refractivity contribution < 1.29 is 15.4 Å². The fourth-order valence-electron chi connectivity index (χ4n) is 1.26. The van der Waals surface area contributed by atoms with Gasteiger partial charge < -0.3 is 26.1 Å². The van der Waals surface area contributed by atoms with Crippen molar-refractivity contribution in [1.82, 2.24) is 4.73 Å². The maximum absolute atomic E-state index is 9.45. The van der Waals surface area contributed by atoms with Crippen LogP contribution in [0.1, 0.15) is 0 Å². The minimum Gasteiger partial charge on any atom is -0.425 e. The monoisotopic (exact) mass is 201 g/mol. The maximum atomic E-state index is 9.45. The molecule has 0 saturated heterocycles. The third-order valence-electron chi connectivity index (χ3n) is 1.93. The highest BCUT2D eigenvalue weighted by molar-refractivity contribution is 5.49. The molecule has 0 fully saturated rings. The lowest BCUT2D eigenvalue weighted by atomic mass is 10.4. The van der Waals surface area contributed by atoms with Gasteiger partial charge in [0.25, 0.3) is 0 Å². The number of rotatable bonds is 5. The zero-order valence-corrected chi connectivity index (χ0v) is 7.80. The predicted octanol–water partition coefficient (Wildman–Crippen LogP) is -0.901. The fourth-order valence-corrected chi connectivity index (χ4v) is 1.26. The summed E-state index contributed by atoms with van der Waals surface area (Å²) >= 11 is 0. The first-order chi connectivity index (χ1) is 6.70. The summed E-state index contributed by atoms with van der Waals surface area (Å²) in [6, 6.07) is 3.18. The average molecular weight is 201 g/mol. The van der Waals surface area contributed by atoms with Crippen LogP contribution in [-0.2, 0) is 0 Å². The molecule has 0 unspecified atom stereocenters. The third kappa shape index (κ3) is 2.09. The molecule has 6 heteroatoms. The van der Waals surface area contributed by atoms with Crippen molar-refractivity contribution in [3.63, 3.8) is 0 Å². The molecule has 5 N–H and O–H groups in total. The molecular weight excluding hydrogens is 186 g/mol. The van der Waals surface area contributed by atoms with Crippen LogP contribution in [0.25, 0.3) is 0 Å². The van der Waals surface area contributed by atoms with Gasteiger partial charge in [-0.05, 0) is 12.1 Å². The Morgan fingerprint density at radius 1 is 1.21 bits per heavy atom. The number of aromatic nitrogens is 1. The van der Waals surface area contributed by atoms with Gasteiger partial charge in [-0.3, -0.25) is 0 Å². The molecule has 0 aliphatic rings. The molecule has 0 aromatic carbocycles. The average Bonchev–Trinajstić information content (AvgIpc) is 2.48. The number of nitrogens with two attached hydrogens (primary N) is 1. The van der Waals surface area contributed by atoms with Crippen LogP contribution in [0.2, 0.25) is 0 Å². The Labute approximate surface area is 81.7 Å². The van der Waals surface area contributed by atoms with Crippen LogP contribution in [0.5, 0.6) is 0 Å². The molecule has 0 amide bonds. The first kappa shape index (κ1) is 10.7. The molecule has 1 aromatic heterocycles. The Morgan fingerprint density at radius 3 is 2.14 bits per heavy atom. The standard InChI is InChI=1S/C8H15N3O3/c9-7-1-2-8(11(7)14)10(3-5-12)4-6-13/h1-2,12-14H,3-6,9H2. The van der Waals surface area contributed by atoms with Gasteiger partial charge >= 0.3 is 0 Å². The van der Waals surface area contributed by atoms with Crippen molar-refractivity contribution in [3.8, 4) is 0 Å². The highest BCUT2D eigenvalue weighted by Crippen LogP contribution is 2.18. The van der Waals surface area contributed by atoms with E-state index in [9.17, 15) is 5.21 Å². The van der Waals surface area contributed by atoms with Gasteiger partial charge in [0.05, 0.1) is 13.2 Å². The summed E-state index contributed by atoms with van der Waals surface area (Å²) in [5.41, 5.74) is 5.43. The van der Waals surface area contributed by atoms with E-state index in [0.29, 0.717) is 18.9 Å². The van der Waals surface area contributed by atoms with Gasteiger partial charge in [-0.15, -0.1) is 0 Å². The smallest absolute Gasteiger partial charge is 0.147 e. The van der Waals surface area contributed by atoms with Crippen LogP contribution < -0.4 is 10.6 Å². The molecule has 0 aliphatic carbocycles. The molecule has 14 heavy (non-hydrogen) atoms. The number of anilines is 2. The van der Waals surface area contributed by atoms with E-state index >= 15 is 0 Å². The van der Waals surface area contributed by atoms with E-state index in [1.54, 1.807) is 17.0 Å². The molecule has 6 nitrogen and oxygen atoms in total. The first-order valence-corrected chi connectivity index (χ1v) is 4.34. The van der Waals surface area contributed by atoms with Crippen LogP contribution in [0.4, 0.5) is 11.6 Å². The van der Waals surface area contributed by atoms with Crippen LogP contribution in [0, 0.1) is 0 Å². The van der Waals surface area contributed by atoms with Gasteiger partial charge in [0.15, 0.2) is 0 Å². The second kappa shape index (κ2) is 4.73. The summed E-state index contributed by atoms with van der Waals surface area (Å²) in [6.45, 7) is 0.575. The Balaban J connectivity index is 2.81. The van der Waals surface area contributed by atoms with E-state index in [1.807, 2.05) is 0 Å². The van der Waals surface area contributed by atoms with E-state index in [1.165, 1.54) is 0 Å². The van der Waals surface area contributed by atoms with Crippen molar-refractivity contribution in [2.45, 2.75) is 0 Å². The second-order valence-corrected chi connectivity index (χ2v) is 2.86. The first-order valence-electron chi connectivity index (χ1n) is 4.34. The minimum atomic E-state index is -0.0505. The molecule has 1 aromatic rings. The predicted molar refractivity (Wildman–Crippen MR) is 52.4 cm³/mol. The van der Waals surface area contributed by atoms with Crippen LogP contribution in [0.3, 0.4) is 0 Å². The topological polar surface area (TPSA) is 94.9 Å². The summed E-state index contributed by atoms with van der Waals surface area (Å²) in [4.78, 5) is 1.64. The van der Waals surface area contributed by atoms with Crippen molar-refractivity contribution >= 4 is 11.6 Å². The lowest BCUT2D eigenvalue weighted by Gasteiger charge is -2.22. The van der Waals surface area contributed by atoms with Crippen molar-refractivity contribution in [3.05, 3.63) is 12.1 Å². The number of hydrogen-bond acceptors (Lipinski definition) is 5. The van der Waals surface area contributed by atoms with Crippen LogP contribution in [-0.4, -0.2) is 46.5 Å². The van der Waals surface area contributed by atoms with Gasteiger partial charge in [-0.2, -0.15) is 4.73 Å². The molecule has 1 heterocycles. The summed E-state index contributed by atoms with van der Waals surface area (Å²) in [6.07, 6.45) is 0. The Hall–Kier alpha value is -1.40. The molecule has 0 radical (unpaired) electrons. The van der Waals surface area contributed by atoms with Gasteiger partial charge in [0.1, 0.15) is 11.6 Å². The van der Waals surface area contributed by atoms with Gasteiger partial charge in [0, 0.05) is 13.1 Å². The zero-order chi connectivity index (χ0) is 10.6. The molecule has 0 saturated carbocycles. The fraction of sp³-hybridized carbons (Fsp3) is 0.500. The summed E-state index contributed by atoms with van der Waals surface area (Å²) in [7, 11) is 0. The number of nitrogen functional groups attached to an aromatic ring is 1. The van der Waals surface area contributed by atoms with E-state index in [2.05, 4.69) is 0 Å². The van der Waals surface area contributed by atoms with Crippen molar-refractivity contribution in [1.29, 1.82) is 0 Å². The third-order valence-corrected chi connectivity index (χ3v) is 1.93. The van der Waals surface area contributed by atoms with Crippen molar-refractivity contribution in [2.24, 2.45) is 0 Å². The minimum absolute atomic E-state index is 0.0505. The second-order valence-electron chi connectivity index (χ2n) is 2.86. The summed E-state index contributed by atoms with van der Waals surface area (Å²) < 4.78 is 0.825. The van der Waals surface area contributed by atoms with Gasteiger partial charge in [-0.1, -0.05) is 0 Å². The van der Waals surface area contributed by atoms with E-state index in [4.69, 9.17) is 15.9 Å². The lowest BCUT2D eigenvalue weighted by Crippen LogP contribution is -2.31. The summed E-state index contributed by atoms with van der Waals surface area (Å²) in [5, 5.41) is 27.0. The van der Waals surface area contributed by atoms with E-state index < -0.39 is 0 Å². The van der Waals surface area contributed by atoms with Gasteiger partial charge in [0.2, 0.25) is 0 Å². The molecule has 1 rings (SSSR count). The number of hydrogen-bond donors (Lipinski definition) is 4.